The second kappa shape index (κ2) is 9.02. The normalized spacial score (nSPS) is 31.8. The number of thioether (sulfide) groups is 1. The minimum Gasteiger partial charge on any atom is -0.466 e. The van der Waals surface area contributed by atoms with Crippen molar-refractivity contribution < 1.29 is 24.2 Å². The van der Waals surface area contributed by atoms with Crippen LogP contribution in [0.3, 0.4) is 0 Å². The number of benzene rings is 1. The zero-order valence-corrected chi connectivity index (χ0v) is 21.8. The highest BCUT2D eigenvalue weighted by Crippen LogP contribution is 2.71. The van der Waals surface area contributed by atoms with Crippen molar-refractivity contribution in [1.82, 2.24) is 25.2 Å². The number of hydrogen-bond donors (Lipinski definition) is 2. The largest absolute Gasteiger partial charge is 0.466 e. The molecule has 3 fully saturated rings. The maximum atomic E-state index is 14.0. The van der Waals surface area contributed by atoms with Crippen LogP contribution in [-0.2, 0) is 25.8 Å². The van der Waals surface area contributed by atoms with E-state index in [9.17, 15) is 19.5 Å². The fourth-order valence-electron chi connectivity index (χ4n) is 6.51. The van der Waals surface area contributed by atoms with Gasteiger partial charge in [0.25, 0.3) is 0 Å². The molecule has 3 aliphatic rings. The molecule has 2 unspecified atom stereocenters. The van der Waals surface area contributed by atoms with Gasteiger partial charge in [0.05, 0.1) is 41.4 Å². The lowest BCUT2D eigenvalue weighted by Gasteiger charge is -2.38. The molecule has 1 aromatic carbocycles. The highest BCUT2D eigenvalue weighted by Gasteiger charge is 2.78. The summed E-state index contributed by atoms with van der Waals surface area (Å²) in [6.45, 7) is 7.66. The molecule has 3 saturated heterocycles. The second-order valence-corrected chi connectivity index (χ2v) is 12.4. The molecule has 10 nitrogen and oxygen atoms in total. The van der Waals surface area contributed by atoms with Crippen LogP contribution in [0.5, 0.6) is 0 Å². The number of amides is 2. The van der Waals surface area contributed by atoms with Gasteiger partial charge in [-0.3, -0.25) is 14.4 Å². The van der Waals surface area contributed by atoms with Crippen LogP contribution in [0, 0.1) is 17.8 Å². The number of aliphatic hydroxyl groups excluding tert-OH is 1. The molecular weight excluding hydrogens is 482 g/mol. The summed E-state index contributed by atoms with van der Waals surface area (Å²) < 4.78 is 5.77. The van der Waals surface area contributed by atoms with Crippen LogP contribution in [0.4, 0.5) is 0 Å². The van der Waals surface area contributed by atoms with Gasteiger partial charge in [-0.1, -0.05) is 31.2 Å². The molecule has 2 N–H and O–H groups in total. The molecule has 1 aromatic heterocycles. The number of ether oxygens (including phenoxy) is 1. The van der Waals surface area contributed by atoms with Gasteiger partial charge in [0, 0.05) is 4.75 Å². The predicted molar refractivity (Wildman–Crippen MR) is 134 cm³/mol. The van der Waals surface area contributed by atoms with Gasteiger partial charge in [-0.15, -0.1) is 16.9 Å². The van der Waals surface area contributed by atoms with E-state index in [0.29, 0.717) is 12.8 Å². The average Bonchev–Trinajstić information content (AvgIpc) is 3.54. The van der Waals surface area contributed by atoms with Crippen molar-refractivity contribution >= 4 is 40.6 Å². The van der Waals surface area contributed by atoms with Crippen LogP contribution in [0.2, 0.25) is 0 Å². The number of para-hydroxylation sites is 1. The van der Waals surface area contributed by atoms with Gasteiger partial charge in [-0.05, 0) is 44.7 Å². The summed E-state index contributed by atoms with van der Waals surface area (Å²) >= 11 is 1.58. The minimum atomic E-state index is -0.824. The van der Waals surface area contributed by atoms with Crippen molar-refractivity contribution in [2.45, 2.75) is 68.8 Å². The quantitative estimate of drug-likeness (QED) is 0.508. The zero-order chi connectivity index (χ0) is 25.8. The lowest BCUT2D eigenvalue weighted by atomic mass is 9.66. The number of fused-ring (bicyclic) bond motifs is 2. The fourth-order valence-corrected chi connectivity index (χ4v) is 8.85. The molecule has 2 bridgehead atoms. The number of carbonyl (C=O) groups excluding carboxylic acids is 3. The summed E-state index contributed by atoms with van der Waals surface area (Å²) in [6.07, 6.45) is 1.35. The maximum Gasteiger partial charge on any atom is 0.311 e. The van der Waals surface area contributed by atoms with Gasteiger partial charge in [0.2, 0.25) is 11.8 Å². The Hall–Kier alpha value is -2.66. The van der Waals surface area contributed by atoms with Crippen molar-refractivity contribution in [2.75, 3.05) is 13.2 Å². The molecule has 11 heteroatoms. The van der Waals surface area contributed by atoms with Crippen molar-refractivity contribution in [3.8, 4) is 0 Å². The van der Waals surface area contributed by atoms with E-state index >= 15 is 0 Å². The Bertz CT molecular complexity index is 1200. The van der Waals surface area contributed by atoms with Gasteiger partial charge in [-0.2, -0.15) is 0 Å². The Morgan fingerprint density at radius 2 is 2.06 bits per heavy atom. The summed E-state index contributed by atoms with van der Waals surface area (Å²) in [4.78, 5) is 42.7. The minimum absolute atomic E-state index is 0.0810. The van der Waals surface area contributed by atoms with Crippen molar-refractivity contribution in [1.29, 1.82) is 0 Å². The number of aromatic nitrogens is 3. The third-order valence-electron chi connectivity index (χ3n) is 8.14. The first-order valence-corrected chi connectivity index (χ1v) is 13.4. The van der Waals surface area contributed by atoms with E-state index in [0.717, 1.165) is 11.0 Å². The van der Waals surface area contributed by atoms with Gasteiger partial charge in [-0.25, -0.2) is 4.68 Å². The lowest BCUT2D eigenvalue weighted by molar-refractivity contribution is -0.155. The first-order chi connectivity index (χ1) is 17.2. The van der Waals surface area contributed by atoms with Crippen LogP contribution >= 0.6 is 11.8 Å². The molecule has 2 amide bonds. The van der Waals surface area contributed by atoms with Gasteiger partial charge in [0.15, 0.2) is 0 Å². The van der Waals surface area contributed by atoms with Crippen LogP contribution in [0.1, 0.15) is 40.5 Å². The predicted octanol–water partition coefficient (Wildman–Crippen LogP) is 1.57. The van der Waals surface area contributed by atoms with E-state index < -0.39 is 33.4 Å². The standard InChI is InChI=1S/C25H33N5O5S/c1-5-35-23(34)19-18-22(33)30(17(12-31)14(2)3)20(25(18)11-10-24(19,4)36-25)21(32)26-13-29-16-9-7-6-8-15(16)27-28-29/h6-9,14,17-20,31H,5,10-13H2,1-4H3,(H,26,32)/t17-,18-,19+,20?,24-,25?/m0/s1. The maximum absolute atomic E-state index is 14.0. The molecule has 0 aliphatic carbocycles. The summed E-state index contributed by atoms with van der Waals surface area (Å²) in [6, 6.07) is 6.10. The highest BCUT2D eigenvalue weighted by molar-refractivity contribution is 8.02. The summed E-state index contributed by atoms with van der Waals surface area (Å²) in [5.74, 6) is -2.32. The van der Waals surface area contributed by atoms with E-state index in [-0.39, 0.29) is 43.6 Å². The van der Waals surface area contributed by atoms with E-state index in [1.807, 2.05) is 45.0 Å². The number of carbonyl (C=O) groups is 3. The average molecular weight is 516 g/mol. The van der Waals surface area contributed by atoms with Crippen LogP contribution in [0.15, 0.2) is 24.3 Å². The molecule has 0 radical (unpaired) electrons. The lowest BCUT2D eigenvalue weighted by Crippen LogP contribution is -2.57. The van der Waals surface area contributed by atoms with E-state index in [2.05, 4.69) is 15.6 Å². The Morgan fingerprint density at radius 3 is 2.75 bits per heavy atom. The van der Waals surface area contributed by atoms with Crippen molar-refractivity contribution in [3.05, 3.63) is 24.3 Å². The Morgan fingerprint density at radius 1 is 1.31 bits per heavy atom. The molecule has 0 saturated carbocycles. The number of aliphatic hydroxyl groups is 1. The van der Waals surface area contributed by atoms with E-state index in [1.165, 1.54) is 0 Å². The third kappa shape index (κ3) is 3.53. The van der Waals surface area contributed by atoms with Gasteiger partial charge in [0.1, 0.15) is 18.2 Å². The van der Waals surface area contributed by atoms with E-state index in [4.69, 9.17) is 4.74 Å². The molecule has 36 heavy (non-hydrogen) atoms. The van der Waals surface area contributed by atoms with Gasteiger partial charge < -0.3 is 20.1 Å². The summed E-state index contributed by atoms with van der Waals surface area (Å²) in [7, 11) is 0. The molecule has 1 spiro atoms. The van der Waals surface area contributed by atoms with Crippen LogP contribution in [-0.4, -0.2) is 77.6 Å². The van der Waals surface area contributed by atoms with Crippen molar-refractivity contribution in [2.24, 2.45) is 17.8 Å². The Balaban J connectivity index is 1.51. The van der Waals surface area contributed by atoms with Crippen LogP contribution < -0.4 is 5.32 Å². The molecule has 2 aromatic rings. The Labute approximate surface area is 214 Å². The molecule has 3 aliphatic heterocycles. The zero-order valence-electron chi connectivity index (χ0n) is 21.0. The monoisotopic (exact) mass is 515 g/mol. The molecule has 194 valence electrons. The van der Waals surface area contributed by atoms with Gasteiger partial charge >= 0.3 is 5.97 Å². The van der Waals surface area contributed by atoms with Crippen LogP contribution in [0.25, 0.3) is 11.0 Å². The number of likely N-dealkylation sites (tertiary alicyclic amines) is 1. The Kier molecular flexibility index (Phi) is 6.27. The fraction of sp³-hybridized carbons (Fsp3) is 0.640. The third-order valence-corrected chi connectivity index (χ3v) is 10.1. The molecule has 5 rings (SSSR count). The number of hydrogen-bond acceptors (Lipinski definition) is 8. The SMILES string of the molecule is CCOC(=O)[C@H]1[C@H]2C(=O)N([C@@H](CO)C(C)C)C(C(=O)NCn3nnc4ccccc43)C23CC[C@]1(C)S3. The second-order valence-electron chi connectivity index (χ2n) is 10.5. The molecular formula is C25H33N5O5S. The number of esters is 1. The highest BCUT2D eigenvalue weighted by atomic mass is 32.2. The topological polar surface area (TPSA) is 127 Å². The number of nitrogens with zero attached hydrogens (tertiary/aromatic N) is 4. The number of nitrogens with one attached hydrogen (secondary N) is 1. The number of rotatable bonds is 8. The van der Waals surface area contributed by atoms with E-state index in [1.54, 1.807) is 28.3 Å². The first kappa shape index (κ1) is 25.0. The molecule has 6 atom stereocenters. The van der Waals surface area contributed by atoms with Crippen molar-refractivity contribution in [3.63, 3.8) is 0 Å². The summed E-state index contributed by atoms with van der Waals surface area (Å²) in [5, 5.41) is 21.5. The molecule has 4 heterocycles. The smallest absolute Gasteiger partial charge is 0.311 e. The summed E-state index contributed by atoms with van der Waals surface area (Å²) in [5.41, 5.74) is 1.51. The first-order valence-electron chi connectivity index (χ1n) is 12.5.